The molecule has 1 saturated heterocycles. The molecule has 0 aromatic heterocycles. The maximum Gasteiger partial charge on any atom is 0.0555 e. The lowest BCUT2D eigenvalue weighted by Crippen LogP contribution is -2.00. The van der Waals surface area contributed by atoms with Crippen LogP contribution in [0, 0.1) is 0 Å². The molecule has 2 heteroatoms. The molecular weight excluding hydrogens is 148 g/mol. The lowest BCUT2D eigenvalue weighted by atomic mass is 10.5. The van der Waals surface area contributed by atoms with Gasteiger partial charge in [0.1, 0.15) is 0 Å². The van der Waals surface area contributed by atoms with Crippen LogP contribution in [-0.4, -0.2) is 15.6 Å². The van der Waals surface area contributed by atoms with E-state index in [-0.39, 0.29) is 0 Å². The van der Waals surface area contributed by atoms with E-state index < -0.39 is 0 Å². The van der Waals surface area contributed by atoms with Crippen LogP contribution in [0.4, 0.5) is 0 Å². The van der Waals surface area contributed by atoms with Gasteiger partial charge in [-0.15, -0.1) is 23.5 Å². The first-order valence-electron chi connectivity index (χ1n) is 3.49. The second kappa shape index (κ2) is 4.51. The standard InChI is InChI=1S/C5H10S2.C2H6/c1-5(2)6-3-4-7-5;1-2/h3-4H2,1-2H3;1-2H3. The molecule has 1 heterocycles. The molecule has 0 aliphatic carbocycles. The fourth-order valence-electron chi connectivity index (χ4n) is 0.617. The highest BCUT2D eigenvalue weighted by Gasteiger charge is 2.23. The third kappa shape index (κ3) is 4.15. The molecule has 9 heavy (non-hydrogen) atoms. The highest BCUT2D eigenvalue weighted by Crippen LogP contribution is 2.42. The van der Waals surface area contributed by atoms with Crippen LogP contribution in [0.2, 0.25) is 0 Å². The normalized spacial score (nSPS) is 22.7. The molecule has 0 aromatic rings. The topological polar surface area (TPSA) is 0 Å². The van der Waals surface area contributed by atoms with Gasteiger partial charge in [0.2, 0.25) is 0 Å². The van der Waals surface area contributed by atoms with E-state index in [1.165, 1.54) is 11.5 Å². The minimum absolute atomic E-state index is 0.528. The largest absolute Gasteiger partial charge is 0.144 e. The molecule has 0 bridgehead atoms. The number of hydrogen-bond donors (Lipinski definition) is 0. The van der Waals surface area contributed by atoms with Gasteiger partial charge in [0.15, 0.2) is 0 Å². The SMILES string of the molecule is CC.CC1(C)SCCS1. The van der Waals surface area contributed by atoms with Crippen molar-refractivity contribution in [2.75, 3.05) is 11.5 Å². The van der Waals surface area contributed by atoms with Crippen LogP contribution >= 0.6 is 23.5 Å². The van der Waals surface area contributed by atoms with Crippen molar-refractivity contribution in [3.63, 3.8) is 0 Å². The summed E-state index contributed by atoms with van der Waals surface area (Å²) >= 11 is 4.12. The molecule has 0 amide bonds. The summed E-state index contributed by atoms with van der Waals surface area (Å²) < 4.78 is 0.528. The third-order valence-corrected chi connectivity index (χ3v) is 4.16. The number of rotatable bonds is 0. The van der Waals surface area contributed by atoms with Crippen LogP contribution in [0.15, 0.2) is 0 Å². The third-order valence-electron chi connectivity index (χ3n) is 0.983. The van der Waals surface area contributed by atoms with E-state index in [1.807, 2.05) is 13.8 Å². The maximum absolute atomic E-state index is 2.29. The van der Waals surface area contributed by atoms with Gasteiger partial charge in [0.25, 0.3) is 0 Å². The Kier molecular flexibility index (Phi) is 4.86. The summed E-state index contributed by atoms with van der Waals surface area (Å²) in [4.78, 5) is 0. The van der Waals surface area contributed by atoms with E-state index >= 15 is 0 Å². The van der Waals surface area contributed by atoms with E-state index in [9.17, 15) is 0 Å². The molecule has 56 valence electrons. The van der Waals surface area contributed by atoms with Gasteiger partial charge in [-0.25, -0.2) is 0 Å². The fourth-order valence-corrected chi connectivity index (χ4v) is 3.10. The molecule has 0 radical (unpaired) electrons. The van der Waals surface area contributed by atoms with Gasteiger partial charge in [-0.2, -0.15) is 0 Å². The zero-order chi connectivity index (χ0) is 7.33. The molecule has 1 aliphatic heterocycles. The average Bonchev–Trinajstić information content (AvgIpc) is 2.19. The van der Waals surface area contributed by atoms with Gasteiger partial charge in [-0.1, -0.05) is 13.8 Å². The Hall–Kier alpha value is 0.700. The molecule has 1 rings (SSSR count). The summed E-state index contributed by atoms with van der Waals surface area (Å²) in [6, 6.07) is 0. The van der Waals surface area contributed by atoms with Gasteiger partial charge < -0.3 is 0 Å². The van der Waals surface area contributed by atoms with Crippen molar-refractivity contribution in [3.8, 4) is 0 Å². The van der Waals surface area contributed by atoms with Gasteiger partial charge in [-0.3, -0.25) is 0 Å². The first-order chi connectivity index (χ1) is 4.21. The zero-order valence-corrected chi connectivity index (χ0v) is 8.36. The zero-order valence-electron chi connectivity index (χ0n) is 6.73. The van der Waals surface area contributed by atoms with Gasteiger partial charge in [0, 0.05) is 11.5 Å². The second-order valence-corrected chi connectivity index (χ2v) is 5.79. The predicted molar refractivity (Wildman–Crippen MR) is 50.3 cm³/mol. The van der Waals surface area contributed by atoms with Crippen molar-refractivity contribution in [2.24, 2.45) is 0 Å². The summed E-state index contributed by atoms with van der Waals surface area (Å²) in [6.45, 7) is 8.57. The molecule has 0 unspecified atom stereocenters. The number of hydrogen-bond acceptors (Lipinski definition) is 2. The van der Waals surface area contributed by atoms with Crippen molar-refractivity contribution >= 4 is 23.5 Å². The smallest absolute Gasteiger partial charge is 0.0555 e. The fraction of sp³-hybridized carbons (Fsp3) is 1.00. The summed E-state index contributed by atoms with van der Waals surface area (Å²) in [5.74, 6) is 2.69. The van der Waals surface area contributed by atoms with Gasteiger partial charge in [-0.05, 0) is 13.8 Å². The average molecular weight is 164 g/mol. The summed E-state index contributed by atoms with van der Waals surface area (Å²) in [5, 5.41) is 0. The Morgan fingerprint density at radius 2 is 1.33 bits per heavy atom. The van der Waals surface area contributed by atoms with Crippen molar-refractivity contribution in [3.05, 3.63) is 0 Å². The van der Waals surface area contributed by atoms with E-state index in [0.29, 0.717) is 4.08 Å². The summed E-state index contributed by atoms with van der Waals surface area (Å²) in [7, 11) is 0. The van der Waals surface area contributed by atoms with Crippen molar-refractivity contribution < 1.29 is 0 Å². The highest BCUT2D eigenvalue weighted by molar-refractivity contribution is 8.21. The van der Waals surface area contributed by atoms with E-state index in [4.69, 9.17) is 0 Å². The summed E-state index contributed by atoms with van der Waals surface area (Å²) in [6.07, 6.45) is 0. The Bertz CT molecular complexity index is 61.3. The lowest BCUT2D eigenvalue weighted by Gasteiger charge is -2.12. The second-order valence-electron chi connectivity index (χ2n) is 2.10. The Labute approximate surface area is 67.2 Å². The quantitative estimate of drug-likeness (QED) is 0.539. The van der Waals surface area contributed by atoms with Crippen molar-refractivity contribution in [1.82, 2.24) is 0 Å². The lowest BCUT2D eigenvalue weighted by molar-refractivity contribution is 1.04. The molecule has 1 fully saturated rings. The maximum atomic E-state index is 2.29. The minimum Gasteiger partial charge on any atom is -0.144 e. The van der Waals surface area contributed by atoms with Crippen LogP contribution in [0.5, 0.6) is 0 Å². The Balaban J connectivity index is 0.000000291. The minimum atomic E-state index is 0.528. The Morgan fingerprint density at radius 1 is 1.00 bits per heavy atom. The molecule has 0 spiro atoms. The first kappa shape index (κ1) is 9.70. The van der Waals surface area contributed by atoms with Crippen LogP contribution < -0.4 is 0 Å². The van der Waals surface area contributed by atoms with Crippen molar-refractivity contribution in [2.45, 2.75) is 31.8 Å². The van der Waals surface area contributed by atoms with Crippen LogP contribution in [0.25, 0.3) is 0 Å². The van der Waals surface area contributed by atoms with Gasteiger partial charge >= 0.3 is 0 Å². The van der Waals surface area contributed by atoms with Crippen LogP contribution in [-0.2, 0) is 0 Å². The molecule has 1 aliphatic rings. The molecule has 0 saturated carbocycles. The molecule has 0 nitrogen and oxygen atoms in total. The monoisotopic (exact) mass is 164 g/mol. The molecule has 0 atom stereocenters. The predicted octanol–water partition coefficient (Wildman–Crippen LogP) is 3.23. The van der Waals surface area contributed by atoms with E-state index in [0.717, 1.165) is 0 Å². The highest BCUT2D eigenvalue weighted by atomic mass is 32.2. The summed E-state index contributed by atoms with van der Waals surface area (Å²) in [5.41, 5.74) is 0. The van der Waals surface area contributed by atoms with Gasteiger partial charge in [0.05, 0.1) is 4.08 Å². The number of thioether (sulfide) groups is 2. The molecule has 0 aromatic carbocycles. The van der Waals surface area contributed by atoms with E-state index in [1.54, 1.807) is 0 Å². The molecule has 0 N–H and O–H groups in total. The van der Waals surface area contributed by atoms with Crippen molar-refractivity contribution in [1.29, 1.82) is 0 Å². The van der Waals surface area contributed by atoms with Crippen LogP contribution in [0.3, 0.4) is 0 Å². The van der Waals surface area contributed by atoms with Crippen LogP contribution in [0.1, 0.15) is 27.7 Å². The first-order valence-corrected chi connectivity index (χ1v) is 5.46. The van der Waals surface area contributed by atoms with E-state index in [2.05, 4.69) is 37.4 Å². The Morgan fingerprint density at radius 3 is 1.44 bits per heavy atom. The molecular formula is C7H16S2.